The highest BCUT2D eigenvalue weighted by molar-refractivity contribution is 6.61. The molecule has 1 aliphatic heterocycles. The van der Waals surface area contributed by atoms with Crippen LogP contribution in [0.4, 0.5) is 0 Å². The fourth-order valence-electron chi connectivity index (χ4n) is 2.15. The van der Waals surface area contributed by atoms with E-state index < -0.39 is 0 Å². The van der Waals surface area contributed by atoms with E-state index in [1.165, 1.54) is 0 Å². The first-order chi connectivity index (χ1) is 10.7. The van der Waals surface area contributed by atoms with Gasteiger partial charge < -0.3 is 14.0 Å². The van der Waals surface area contributed by atoms with E-state index in [1.54, 1.807) is 6.92 Å². The van der Waals surface area contributed by atoms with Crippen LogP contribution in [0.25, 0.3) is 0 Å². The van der Waals surface area contributed by atoms with Crippen LogP contribution >= 0.6 is 0 Å². The number of benzene rings is 1. The summed E-state index contributed by atoms with van der Waals surface area (Å²) in [6.45, 7) is 8.96. The van der Waals surface area contributed by atoms with Crippen molar-refractivity contribution >= 4 is 18.6 Å². The van der Waals surface area contributed by atoms with Crippen LogP contribution in [0.1, 0.15) is 6.92 Å². The maximum atomic E-state index is 11.3. The highest BCUT2D eigenvalue weighted by Crippen LogP contribution is 2.01. The van der Waals surface area contributed by atoms with Crippen LogP contribution in [-0.2, 0) is 18.8 Å². The van der Waals surface area contributed by atoms with Crippen LogP contribution < -0.4 is 5.46 Å². The summed E-state index contributed by atoms with van der Waals surface area (Å²) < 4.78 is 16.7. The molecule has 0 radical (unpaired) electrons. The predicted octanol–water partition coefficient (Wildman–Crippen LogP) is 0.850. The number of ether oxygens (including phenoxy) is 1. The fourth-order valence-corrected chi connectivity index (χ4v) is 2.15. The summed E-state index contributed by atoms with van der Waals surface area (Å²) in [7, 11) is -0.301. The normalized spacial score (nSPS) is 16.7. The molecule has 1 saturated heterocycles. The molecule has 22 heavy (non-hydrogen) atoms. The van der Waals surface area contributed by atoms with E-state index in [0.29, 0.717) is 31.9 Å². The fraction of sp³-hybridized carbons (Fsp3) is 0.438. The van der Waals surface area contributed by atoms with E-state index in [-0.39, 0.29) is 13.1 Å². The smallest absolute Gasteiger partial charge is 0.461 e. The third-order valence-corrected chi connectivity index (χ3v) is 3.41. The molecule has 1 aliphatic rings. The number of hydrogen-bond acceptors (Lipinski definition) is 5. The standard InChI is InChI=1S/C16H22BNO4/c1-14(2)16(19)20-11-8-18-9-12-21-17(22-13-10-18)15-6-4-3-5-7-15/h3-7H,1,8-13H2,2H3. The molecule has 1 fully saturated rings. The first kappa shape index (κ1) is 16.7. The molecule has 0 spiro atoms. The van der Waals surface area contributed by atoms with Gasteiger partial charge in [0.2, 0.25) is 0 Å². The molecule has 0 atom stereocenters. The van der Waals surface area contributed by atoms with Crippen molar-refractivity contribution in [2.45, 2.75) is 6.92 Å². The highest BCUT2D eigenvalue weighted by atomic mass is 16.6. The van der Waals surface area contributed by atoms with Crippen molar-refractivity contribution in [1.29, 1.82) is 0 Å². The summed E-state index contributed by atoms with van der Waals surface area (Å²) in [5.41, 5.74) is 1.45. The van der Waals surface area contributed by atoms with Crippen molar-refractivity contribution in [2.24, 2.45) is 0 Å². The third-order valence-electron chi connectivity index (χ3n) is 3.41. The largest absolute Gasteiger partial charge is 0.493 e. The molecular formula is C16H22BNO4. The summed E-state index contributed by atoms with van der Waals surface area (Å²) in [5.74, 6) is -0.344. The van der Waals surface area contributed by atoms with Gasteiger partial charge in [0.15, 0.2) is 0 Å². The molecule has 6 heteroatoms. The van der Waals surface area contributed by atoms with Crippen LogP contribution in [0, 0.1) is 0 Å². The van der Waals surface area contributed by atoms with Gasteiger partial charge in [0.1, 0.15) is 6.61 Å². The van der Waals surface area contributed by atoms with Gasteiger partial charge in [0, 0.05) is 38.4 Å². The van der Waals surface area contributed by atoms with Gasteiger partial charge in [-0.1, -0.05) is 36.9 Å². The lowest BCUT2D eigenvalue weighted by atomic mass is 9.79. The van der Waals surface area contributed by atoms with Crippen LogP contribution in [0.2, 0.25) is 0 Å². The Balaban J connectivity index is 1.73. The lowest BCUT2D eigenvalue weighted by molar-refractivity contribution is -0.139. The van der Waals surface area contributed by atoms with E-state index >= 15 is 0 Å². The van der Waals surface area contributed by atoms with Crippen molar-refractivity contribution in [1.82, 2.24) is 4.90 Å². The topological polar surface area (TPSA) is 48.0 Å². The van der Waals surface area contributed by atoms with Crippen molar-refractivity contribution < 1.29 is 18.8 Å². The minimum Gasteiger partial charge on any atom is -0.461 e. The van der Waals surface area contributed by atoms with Gasteiger partial charge in [-0.15, -0.1) is 0 Å². The lowest BCUT2D eigenvalue weighted by Gasteiger charge is -2.27. The molecule has 1 heterocycles. The molecule has 1 aromatic rings. The molecular weight excluding hydrogens is 281 g/mol. The Labute approximate surface area is 132 Å². The average Bonchev–Trinajstić information content (AvgIpc) is 2.50. The summed E-state index contributed by atoms with van der Waals surface area (Å²) in [6.07, 6.45) is 0. The molecule has 2 rings (SSSR count). The minimum atomic E-state index is -0.344. The molecule has 118 valence electrons. The van der Waals surface area contributed by atoms with Crippen molar-refractivity contribution in [3.8, 4) is 0 Å². The Hall–Kier alpha value is -1.63. The summed E-state index contributed by atoms with van der Waals surface area (Å²) in [5, 5.41) is 0. The van der Waals surface area contributed by atoms with Crippen LogP contribution in [0.5, 0.6) is 0 Å². The van der Waals surface area contributed by atoms with Crippen LogP contribution in [0.15, 0.2) is 42.5 Å². The number of carbonyl (C=O) groups excluding carboxylic acids is 1. The molecule has 0 aliphatic carbocycles. The quantitative estimate of drug-likeness (QED) is 0.458. The van der Waals surface area contributed by atoms with Crippen LogP contribution in [-0.4, -0.2) is 57.4 Å². The SMILES string of the molecule is C=C(C)C(=O)OCCN1CCOB(c2ccccc2)OCC1. The Kier molecular flexibility index (Phi) is 6.64. The molecule has 0 aromatic heterocycles. The van der Waals surface area contributed by atoms with Gasteiger partial charge >= 0.3 is 13.1 Å². The summed E-state index contributed by atoms with van der Waals surface area (Å²) in [4.78, 5) is 13.5. The number of esters is 1. The van der Waals surface area contributed by atoms with Gasteiger partial charge in [-0.2, -0.15) is 0 Å². The van der Waals surface area contributed by atoms with Crippen molar-refractivity contribution in [3.63, 3.8) is 0 Å². The van der Waals surface area contributed by atoms with E-state index in [0.717, 1.165) is 18.6 Å². The first-order valence-corrected chi connectivity index (χ1v) is 7.50. The highest BCUT2D eigenvalue weighted by Gasteiger charge is 2.23. The predicted molar refractivity (Wildman–Crippen MR) is 85.9 cm³/mol. The number of nitrogens with zero attached hydrogens (tertiary/aromatic N) is 1. The van der Waals surface area contributed by atoms with Crippen molar-refractivity contribution in [2.75, 3.05) is 39.5 Å². The van der Waals surface area contributed by atoms with E-state index in [2.05, 4.69) is 11.5 Å². The molecule has 0 saturated carbocycles. The van der Waals surface area contributed by atoms with Crippen molar-refractivity contribution in [3.05, 3.63) is 42.5 Å². The molecule has 0 amide bonds. The molecule has 0 N–H and O–H groups in total. The Morgan fingerprint density at radius 1 is 1.27 bits per heavy atom. The van der Waals surface area contributed by atoms with Gasteiger partial charge in [-0.25, -0.2) is 4.79 Å². The Morgan fingerprint density at radius 2 is 1.91 bits per heavy atom. The molecule has 0 bridgehead atoms. The summed E-state index contributed by atoms with van der Waals surface area (Å²) in [6, 6.07) is 9.93. The van der Waals surface area contributed by atoms with Gasteiger partial charge in [0.25, 0.3) is 0 Å². The number of hydrogen-bond donors (Lipinski definition) is 0. The maximum absolute atomic E-state index is 11.3. The van der Waals surface area contributed by atoms with Gasteiger partial charge in [0.05, 0.1) is 0 Å². The van der Waals surface area contributed by atoms with E-state index in [4.69, 9.17) is 14.0 Å². The van der Waals surface area contributed by atoms with E-state index in [9.17, 15) is 4.79 Å². The van der Waals surface area contributed by atoms with Gasteiger partial charge in [-0.05, 0) is 12.4 Å². The minimum absolute atomic E-state index is 0.301. The Bertz CT molecular complexity index is 484. The zero-order valence-electron chi connectivity index (χ0n) is 13.0. The summed E-state index contributed by atoms with van der Waals surface area (Å²) >= 11 is 0. The van der Waals surface area contributed by atoms with Crippen LogP contribution in [0.3, 0.4) is 0 Å². The van der Waals surface area contributed by atoms with Gasteiger partial charge in [-0.3, -0.25) is 4.90 Å². The second-order valence-corrected chi connectivity index (χ2v) is 5.24. The average molecular weight is 303 g/mol. The molecule has 5 nitrogen and oxygen atoms in total. The molecule has 0 unspecified atom stereocenters. The first-order valence-electron chi connectivity index (χ1n) is 7.50. The zero-order valence-corrected chi connectivity index (χ0v) is 13.0. The monoisotopic (exact) mass is 303 g/mol. The zero-order chi connectivity index (χ0) is 15.8. The maximum Gasteiger partial charge on any atom is 0.493 e. The molecule has 1 aromatic carbocycles. The van der Waals surface area contributed by atoms with E-state index in [1.807, 2.05) is 30.3 Å². The number of carbonyl (C=O) groups is 1. The Morgan fingerprint density at radius 3 is 2.50 bits per heavy atom. The third kappa shape index (κ3) is 5.29. The number of rotatable bonds is 5. The second-order valence-electron chi connectivity index (χ2n) is 5.24. The second kappa shape index (κ2) is 8.73. The lowest BCUT2D eigenvalue weighted by Crippen LogP contribution is -2.45.